The molecule has 36 heavy (non-hydrogen) atoms. The molecule has 5 rings (SSSR count). The zero-order chi connectivity index (χ0) is 24.9. The Morgan fingerprint density at radius 3 is 2.67 bits per heavy atom. The topological polar surface area (TPSA) is 62.8 Å². The van der Waals surface area contributed by atoms with E-state index in [0.717, 1.165) is 36.4 Å². The second kappa shape index (κ2) is 10.9. The van der Waals surface area contributed by atoms with Crippen molar-refractivity contribution in [1.82, 2.24) is 14.9 Å². The normalized spacial score (nSPS) is 13.8. The standard InChI is InChI=1S/C28H30FN5O2/c1-33(2)12-17-36-21-10-11-22(24(29)18-21)23-7-5-6-20-19-30-28(32-27(20)23)31-25-8-3-4-9-26(25)34-13-15-35-16-14-34/h3-11,18-19H,12-17H2,1-2H3,(H,30,31,32). The van der Waals surface area contributed by atoms with Crippen LogP contribution in [-0.4, -0.2) is 68.4 Å². The van der Waals surface area contributed by atoms with Crippen LogP contribution >= 0.6 is 0 Å². The molecular weight excluding hydrogens is 457 g/mol. The van der Waals surface area contributed by atoms with Crippen molar-refractivity contribution in [2.45, 2.75) is 0 Å². The van der Waals surface area contributed by atoms with Crippen LogP contribution in [-0.2, 0) is 4.74 Å². The summed E-state index contributed by atoms with van der Waals surface area (Å²) in [4.78, 5) is 13.6. The number of morpholine rings is 1. The van der Waals surface area contributed by atoms with Crippen molar-refractivity contribution < 1.29 is 13.9 Å². The lowest BCUT2D eigenvalue weighted by Gasteiger charge is -2.30. The fraction of sp³-hybridized carbons (Fsp3) is 0.286. The van der Waals surface area contributed by atoms with Gasteiger partial charge >= 0.3 is 0 Å². The van der Waals surface area contributed by atoms with Crippen LogP contribution in [0.15, 0.2) is 66.9 Å². The Hall–Kier alpha value is -3.75. The van der Waals surface area contributed by atoms with Crippen LogP contribution in [0, 0.1) is 5.82 Å². The number of nitrogens with one attached hydrogen (secondary N) is 1. The third-order valence-corrected chi connectivity index (χ3v) is 6.15. The maximum absolute atomic E-state index is 15.2. The zero-order valence-corrected chi connectivity index (χ0v) is 20.6. The van der Waals surface area contributed by atoms with E-state index >= 15 is 4.39 Å². The van der Waals surface area contributed by atoms with Crippen molar-refractivity contribution in [3.8, 4) is 16.9 Å². The van der Waals surface area contributed by atoms with Crippen molar-refractivity contribution in [2.24, 2.45) is 0 Å². The summed E-state index contributed by atoms with van der Waals surface area (Å²) in [6.45, 7) is 4.32. The number of hydrogen-bond acceptors (Lipinski definition) is 7. The third-order valence-electron chi connectivity index (χ3n) is 6.15. The van der Waals surface area contributed by atoms with E-state index in [2.05, 4.69) is 21.3 Å². The Morgan fingerprint density at radius 1 is 1.03 bits per heavy atom. The van der Waals surface area contributed by atoms with Crippen molar-refractivity contribution in [3.05, 3.63) is 72.7 Å². The molecule has 1 aliphatic heterocycles. The summed E-state index contributed by atoms with van der Waals surface area (Å²) in [5, 5.41) is 4.21. The fourth-order valence-electron chi connectivity index (χ4n) is 4.26. The van der Waals surface area contributed by atoms with E-state index in [4.69, 9.17) is 14.5 Å². The Morgan fingerprint density at radius 2 is 1.86 bits per heavy atom. The van der Waals surface area contributed by atoms with E-state index in [9.17, 15) is 0 Å². The summed E-state index contributed by atoms with van der Waals surface area (Å²) in [7, 11) is 3.94. The van der Waals surface area contributed by atoms with Gasteiger partial charge in [-0.2, -0.15) is 0 Å². The van der Waals surface area contributed by atoms with Gasteiger partial charge in [-0.25, -0.2) is 14.4 Å². The first-order valence-electron chi connectivity index (χ1n) is 12.1. The zero-order valence-electron chi connectivity index (χ0n) is 20.6. The predicted octanol–water partition coefficient (Wildman–Crippen LogP) is 4.96. The number of benzene rings is 3. The molecule has 7 nitrogen and oxygen atoms in total. The Balaban J connectivity index is 1.44. The lowest BCUT2D eigenvalue weighted by Crippen LogP contribution is -2.36. The van der Waals surface area contributed by atoms with Gasteiger partial charge in [-0.3, -0.25) is 0 Å². The van der Waals surface area contributed by atoms with Gasteiger partial charge in [-0.05, 0) is 38.4 Å². The van der Waals surface area contributed by atoms with Gasteiger partial charge in [0.15, 0.2) is 0 Å². The first-order valence-corrected chi connectivity index (χ1v) is 12.1. The molecule has 1 N–H and O–H groups in total. The molecule has 0 saturated carbocycles. The van der Waals surface area contributed by atoms with Crippen LogP contribution in [0.4, 0.5) is 21.7 Å². The van der Waals surface area contributed by atoms with Gasteiger partial charge in [0.25, 0.3) is 0 Å². The van der Waals surface area contributed by atoms with Crippen molar-refractivity contribution >= 4 is 28.2 Å². The number of aromatic nitrogens is 2. The number of fused-ring (bicyclic) bond motifs is 1. The molecular formula is C28H30FN5O2. The van der Waals surface area contributed by atoms with Crippen LogP contribution in [0.2, 0.25) is 0 Å². The number of nitrogens with zero attached hydrogens (tertiary/aromatic N) is 4. The van der Waals surface area contributed by atoms with Crippen molar-refractivity contribution in [1.29, 1.82) is 0 Å². The minimum Gasteiger partial charge on any atom is -0.492 e. The molecule has 0 radical (unpaired) electrons. The minimum absolute atomic E-state index is 0.351. The van der Waals surface area contributed by atoms with Gasteiger partial charge in [-0.15, -0.1) is 0 Å². The highest BCUT2D eigenvalue weighted by Crippen LogP contribution is 2.33. The van der Waals surface area contributed by atoms with Crippen LogP contribution < -0.4 is 15.0 Å². The summed E-state index contributed by atoms with van der Waals surface area (Å²) in [5.41, 5.74) is 3.85. The SMILES string of the molecule is CN(C)CCOc1ccc(-c2cccc3cnc(Nc4ccccc4N4CCOCC4)nc23)c(F)c1. The minimum atomic E-state index is -0.351. The molecule has 4 aromatic rings. The van der Waals surface area contributed by atoms with Gasteiger partial charge in [0.1, 0.15) is 18.2 Å². The number of rotatable bonds is 8. The quantitative estimate of drug-likeness (QED) is 0.377. The lowest BCUT2D eigenvalue weighted by molar-refractivity contribution is 0.123. The monoisotopic (exact) mass is 487 g/mol. The molecule has 1 aromatic heterocycles. The first-order chi connectivity index (χ1) is 17.6. The highest BCUT2D eigenvalue weighted by molar-refractivity contribution is 5.94. The number of para-hydroxylation sites is 3. The first kappa shape index (κ1) is 24.0. The Labute approximate surface area is 210 Å². The molecule has 0 atom stereocenters. The maximum Gasteiger partial charge on any atom is 0.227 e. The van der Waals surface area contributed by atoms with E-state index in [0.29, 0.717) is 48.2 Å². The van der Waals surface area contributed by atoms with Crippen LogP contribution in [0.3, 0.4) is 0 Å². The Kier molecular flexibility index (Phi) is 7.25. The van der Waals surface area contributed by atoms with E-state index in [-0.39, 0.29) is 5.82 Å². The van der Waals surface area contributed by atoms with E-state index in [1.54, 1.807) is 18.3 Å². The summed E-state index contributed by atoms with van der Waals surface area (Å²) < 4.78 is 26.4. The second-order valence-electron chi connectivity index (χ2n) is 8.97. The number of halogens is 1. The highest BCUT2D eigenvalue weighted by atomic mass is 19.1. The summed E-state index contributed by atoms with van der Waals surface area (Å²) in [6, 6.07) is 18.8. The van der Waals surface area contributed by atoms with E-state index < -0.39 is 0 Å². The van der Waals surface area contributed by atoms with Gasteiger partial charge in [0, 0.05) is 48.4 Å². The molecule has 1 fully saturated rings. The lowest BCUT2D eigenvalue weighted by atomic mass is 10.0. The van der Waals surface area contributed by atoms with E-state index in [1.807, 2.05) is 55.4 Å². The van der Waals surface area contributed by atoms with Crippen molar-refractivity contribution in [3.63, 3.8) is 0 Å². The number of likely N-dealkylation sites (N-methyl/N-ethyl adjacent to an activating group) is 1. The molecule has 0 spiro atoms. The maximum atomic E-state index is 15.2. The van der Waals surface area contributed by atoms with Crippen molar-refractivity contribution in [2.75, 3.05) is 63.8 Å². The average molecular weight is 488 g/mol. The van der Waals surface area contributed by atoms with Gasteiger partial charge in [0.2, 0.25) is 5.95 Å². The molecule has 0 unspecified atom stereocenters. The Bertz CT molecular complexity index is 1340. The molecule has 2 heterocycles. The second-order valence-corrected chi connectivity index (χ2v) is 8.97. The van der Waals surface area contributed by atoms with Gasteiger partial charge in [0.05, 0.1) is 30.1 Å². The van der Waals surface area contributed by atoms with Crippen LogP contribution in [0.5, 0.6) is 5.75 Å². The molecule has 1 aliphatic rings. The number of anilines is 3. The molecule has 0 amide bonds. The molecule has 8 heteroatoms. The summed E-state index contributed by atoms with van der Waals surface area (Å²) in [6.07, 6.45) is 1.77. The molecule has 3 aromatic carbocycles. The summed E-state index contributed by atoms with van der Waals surface area (Å²) in [5.74, 6) is 0.616. The van der Waals surface area contributed by atoms with Crippen LogP contribution in [0.25, 0.3) is 22.0 Å². The molecule has 0 aliphatic carbocycles. The summed E-state index contributed by atoms with van der Waals surface area (Å²) >= 11 is 0. The third kappa shape index (κ3) is 5.40. The average Bonchev–Trinajstić information content (AvgIpc) is 2.89. The van der Waals surface area contributed by atoms with Gasteiger partial charge in [-0.1, -0.05) is 30.3 Å². The fourth-order valence-corrected chi connectivity index (χ4v) is 4.26. The van der Waals surface area contributed by atoms with E-state index in [1.165, 1.54) is 6.07 Å². The van der Waals surface area contributed by atoms with Crippen LogP contribution in [0.1, 0.15) is 0 Å². The predicted molar refractivity (Wildman–Crippen MR) is 142 cm³/mol. The number of hydrogen-bond donors (Lipinski definition) is 1. The largest absolute Gasteiger partial charge is 0.492 e. The molecule has 186 valence electrons. The smallest absolute Gasteiger partial charge is 0.227 e. The number of ether oxygens (including phenoxy) is 2. The molecule has 0 bridgehead atoms. The molecule has 1 saturated heterocycles. The highest BCUT2D eigenvalue weighted by Gasteiger charge is 2.16. The van der Waals surface area contributed by atoms with Gasteiger partial charge < -0.3 is 24.6 Å².